The summed E-state index contributed by atoms with van der Waals surface area (Å²) in [5.74, 6) is 0.0514. The van der Waals surface area contributed by atoms with Gasteiger partial charge in [0.25, 0.3) is 0 Å². The Morgan fingerprint density at radius 1 is 1.31 bits per heavy atom. The highest BCUT2D eigenvalue weighted by Gasteiger charge is 2.14. The lowest BCUT2D eigenvalue weighted by molar-refractivity contribution is -0.119. The van der Waals surface area contributed by atoms with Crippen molar-refractivity contribution in [1.82, 2.24) is 5.32 Å². The number of amides is 1. The molecule has 84 valence electrons. The summed E-state index contributed by atoms with van der Waals surface area (Å²) in [4.78, 5) is 11.0. The van der Waals surface area contributed by atoms with Gasteiger partial charge >= 0.3 is 0 Å². The molecular weight excluding hydrogens is 198 g/mol. The molecule has 0 radical (unpaired) electrons. The highest BCUT2D eigenvalue weighted by molar-refractivity contribution is 5.74. The third-order valence-corrected chi connectivity index (χ3v) is 2.90. The molecule has 0 saturated heterocycles. The minimum Gasteiger partial charge on any atom is -0.350 e. The van der Waals surface area contributed by atoms with Crippen LogP contribution in [-0.4, -0.2) is 11.9 Å². The van der Waals surface area contributed by atoms with Crippen LogP contribution in [0.15, 0.2) is 36.4 Å². The quantitative estimate of drug-likeness (QED) is 0.807. The molecule has 0 saturated carbocycles. The Bertz CT molecular complexity index is 394. The molecule has 1 aromatic carbocycles. The van der Waals surface area contributed by atoms with Crippen LogP contribution in [0.2, 0.25) is 0 Å². The van der Waals surface area contributed by atoms with Crippen molar-refractivity contribution in [2.24, 2.45) is 0 Å². The number of carbonyl (C=O) groups excluding carboxylic acids is 1. The molecule has 0 bridgehead atoms. The van der Waals surface area contributed by atoms with E-state index in [4.69, 9.17) is 0 Å². The van der Waals surface area contributed by atoms with E-state index in [-0.39, 0.29) is 11.9 Å². The van der Waals surface area contributed by atoms with Crippen molar-refractivity contribution in [3.05, 3.63) is 42.0 Å². The molecule has 0 aromatic heterocycles. The van der Waals surface area contributed by atoms with Gasteiger partial charge in [0.05, 0.1) is 0 Å². The van der Waals surface area contributed by atoms with Crippen LogP contribution < -0.4 is 5.32 Å². The lowest BCUT2D eigenvalue weighted by Gasteiger charge is -2.21. The van der Waals surface area contributed by atoms with E-state index >= 15 is 0 Å². The summed E-state index contributed by atoms with van der Waals surface area (Å²) >= 11 is 0. The molecule has 1 N–H and O–H groups in total. The van der Waals surface area contributed by atoms with Crippen LogP contribution in [0.5, 0.6) is 0 Å². The summed E-state index contributed by atoms with van der Waals surface area (Å²) in [6.45, 7) is 1.57. The molecule has 1 amide bonds. The average Bonchev–Trinajstić information content (AvgIpc) is 2.30. The maximum Gasteiger partial charge on any atom is 0.217 e. The van der Waals surface area contributed by atoms with E-state index in [0.717, 1.165) is 19.3 Å². The predicted octanol–water partition coefficient (Wildman–Crippen LogP) is 2.76. The number of nitrogens with one attached hydrogen (secondary N) is 1. The first kappa shape index (κ1) is 10.9. The minimum atomic E-state index is 0.0514. The second-order valence-electron chi connectivity index (χ2n) is 4.26. The topological polar surface area (TPSA) is 29.1 Å². The minimum absolute atomic E-state index is 0.0514. The van der Waals surface area contributed by atoms with Crippen molar-refractivity contribution in [1.29, 1.82) is 0 Å². The van der Waals surface area contributed by atoms with Gasteiger partial charge in [0.15, 0.2) is 0 Å². The van der Waals surface area contributed by atoms with E-state index in [1.165, 1.54) is 11.1 Å². The van der Waals surface area contributed by atoms with Crippen LogP contribution in [0.25, 0.3) is 5.57 Å². The summed E-state index contributed by atoms with van der Waals surface area (Å²) in [7, 11) is 0. The maximum absolute atomic E-state index is 11.0. The Labute approximate surface area is 96.4 Å². The van der Waals surface area contributed by atoms with Gasteiger partial charge in [-0.15, -0.1) is 0 Å². The highest BCUT2D eigenvalue weighted by atomic mass is 16.1. The molecule has 0 aliphatic heterocycles. The molecule has 0 fully saturated rings. The van der Waals surface area contributed by atoms with Crippen molar-refractivity contribution < 1.29 is 4.79 Å². The van der Waals surface area contributed by atoms with Gasteiger partial charge in [0.2, 0.25) is 5.91 Å². The molecule has 2 nitrogen and oxygen atoms in total. The largest absolute Gasteiger partial charge is 0.350 e. The molecule has 1 aliphatic rings. The molecule has 0 spiro atoms. The van der Waals surface area contributed by atoms with E-state index in [0.29, 0.717) is 0 Å². The van der Waals surface area contributed by atoms with Gasteiger partial charge in [-0.2, -0.15) is 0 Å². The van der Waals surface area contributed by atoms with Crippen LogP contribution in [0.4, 0.5) is 0 Å². The van der Waals surface area contributed by atoms with Crippen LogP contribution in [0, 0.1) is 0 Å². The second-order valence-corrected chi connectivity index (χ2v) is 4.26. The summed E-state index contributed by atoms with van der Waals surface area (Å²) in [6, 6.07) is 10.6. The lowest BCUT2D eigenvalue weighted by Crippen LogP contribution is -2.32. The lowest BCUT2D eigenvalue weighted by atomic mass is 9.91. The fraction of sp³-hybridized carbons (Fsp3) is 0.357. The summed E-state index contributed by atoms with van der Waals surface area (Å²) in [5, 5.41) is 2.97. The van der Waals surface area contributed by atoms with Crippen molar-refractivity contribution in [3.63, 3.8) is 0 Å². The molecule has 2 heteroatoms. The zero-order valence-electron chi connectivity index (χ0n) is 9.57. The first-order valence-electron chi connectivity index (χ1n) is 5.79. The number of hydrogen-bond donors (Lipinski definition) is 1. The number of allylic oxidation sites excluding steroid dienone is 1. The predicted molar refractivity (Wildman–Crippen MR) is 65.9 cm³/mol. The second kappa shape index (κ2) is 4.97. The Balaban J connectivity index is 2.15. The van der Waals surface area contributed by atoms with Gasteiger partial charge < -0.3 is 5.32 Å². The summed E-state index contributed by atoms with van der Waals surface area (Å²) in [6.07, 6.45) is 5.50. The molecule has 0 heterocycles. The SMILES string of the molecule is CC(=O)NC1C=C(c2ccccc2)CCC1. The van der Waals surface area contributed by atoms with Crippen LogP contribution >= 0.6 is 0 Å². The van der Waals surface area contributed by atoms with E-state index < -0.39 is 0 Å². The average molecular weight is 215 g/mol. The highest BCUT2D eigenvalue weighted by Crippen LogP contribution is 2.26. The van der Waals surface area contributed by atoms with E-state index in [1.54, 1.807) is 6.92 Å². The first-order valence-corrected chi connectivity index (χ1v) is 5.79. The Hall–Kier alpha value is -1.57. The molecule has 2 rings (SSSR count). The third kappa shape index (κ3) is 2.72. The molecule has 1 unspecified atom stereocenters. The Kier molecular flexibility index (Phi) is 3.40. The molecular formula is C14H17NO. The van der Waals surface area contributed by atoms with Crippen LogP contribution in [0.3, 0.4) is 0 Å². The number of rotatable bonds is 2. The first-order chi connectivity index (χ1) is 7.75. The number of hydrogen-bond acceptors (Lipinski definition) is 1. The van der Waals surface area contributed by atoms with Gasteiger partial charge in [-0.25, -0.2) is 0 Å². The van der Waals surface area contributed by atoms with E-state index in [2.05, 4.69) is 35.7 Å². The standard InChI is InChI=1S/C14H17NO/c1-11(16)15-14-9-5-8-13(10-14)12-6-3-2-4-7-12/h2-4,6-7,10,14H,5,8-9H2,1H3,(H,15,16). The van der Waals surface area contributed by atoms with Gasteiger partial charge in [-0.3, -0.25) is 4.79 Å². The van der Waals surface area contributed by atoms with E-state index in [9.17, 15) is 4.79 Å². The van der Waals surface area contributed by atoms with Crippen LogP contribution in [-0.2, 0) is 4.79 Å². The molecule has 16 heavy (non-hydrogen) atoms. The smallest absolute Gasteiger partial charge is 0.217 e. The monoisotopic (exact) mass is 215 g/mol. The van der Waals surface area contributed by atoms with Gasteiger partial charge in [0, 0.05) is 13.0 Å². The Morgan fingerprint density at radius 2 is 2.06 bits per heavy atom. The van der Waals surface area contributed by atoms with Gasteiger partial charge in [0.1, 0.15) is 0 Å². The van der Waals surface area contributed by atoms with Gasteiger partial charge in [-0.05, 0) is 30.4 Å². The fourth-order valence-electron chi connectivity index (χ4n) is 2.19. The van der Waals surface area contributed by atoms with Crippen molar-refractivity contribution in [2.75, 3.05) is 0 Å². The summed E-state index contributed by atoms with van der Waals surface area (Å²) < 4.78 is 0. The summed E-state index contributed by atoms with van der Waals surface area (Å²) in [5.41, 5.74) is 2.63. The number of benzene rings is 1. The zero-order valence-corrected chi connectivity index (χ0v) is 9.57. The zero-order chi connectivity index (χ0) is 11.4. The molecule has 1 atom stereocenters. The van der Waals surface area contributed by atoms with E-state index in [1.807, 2.05) is 6.07 Å². The number of carbonyl (C=O) groups is 1. The Morgan fingerprint density at radius 3 is 2.75 bits per heavy atom. The normalized spacial score (nSPS) is 20.1. The van der Waals surface area contributed by atoms with Gasteiger partial charge in [-0.1, -0.05) is 36.4 Å². The van der Waals surface area contributed by atoms with Crippen LogP contribution in [0.1, 0.15) is 31.7 Å². The maximum atomic E-state index is 11.0. The van der Waals surface area contributed by atoms with Crippen molar-refractivity contribution >= 4 is 11.5 Å². The van der Waals surface area contributed by atoms with Crippen molar-refractivity contribution in [3.8, 4) is 0 Å². The third-order valence-electron chi connectivity index (χ3n) is 2.90. The van der Waals surface area contributed by atoms with Crippen molar-refractivity contribution in [2.45, 2.75) is 32.2 Å². The molecule has 1 aromatic rings. The molecule has 1 aliphatic carbocycles. The fourth-order valence-corrected chi connectivity index (χ4v) is 2.19.